The van der Waals surface area contributed by atoms with Crippen molar-refractivity contribution in [3.05, 3.63) is 75.1 Å². The average Bonchev–Trinajstić information content (AvgIpc) is 3.37. The van der Waals surface area contributed by atoms with Crippen LogP contribution in [0, 0.1) is 13.8 Å². The molecule has 0 amide bonds. The molecule has 1 N–H and O–H groups in total. The Hall–Kier alpha value is -3.43. The van der Waals surface area contributed by atoms with Gasteiger partial charge in [-0.25, -0.2) is 4.98 Å². The van der Waals surface area contributed by atoms with E-state index in [2.05, 4.69) is 46.4 Å². The third-order valence-electron chi connectivity index (χ3n) is 5.63. The van der Waals surface area contributed by atoms with E-state index in [0.717, 1.165) is 43.1 Å². The number of aromatic nitrogens is 5. The Morgan fingerprint density at radius 1 is 1.09 bits per heavy atom. The fourth-order valence-electron chi connectivity index (χ4n) is 3.89. The lowest BCUT2D eigenvalue weighted by Crippen LogP contribution is -2.11. The highest BCUT2D eigenvalue weighted by Crippen LogP contribution is 2.36. The number of aromatic amines is 1. The van der Waals surface area contributed by atoms with E-state index in [1.165, 1.54) is 17.3 Å². The number of nitrogens with zero attached hydrogens (tertiary/aromatic N) is 4. The standard InChI is InChI=1S/C25H23N5O2S2/c1-14-8-10-16(11-9-14)20-15(2)34-24-21(20)23(31)26-19(27-24)13-33-25-29-28-22(30(25)3)17-6-5-7-18(12-17)32-4/h5-12H,13H2,1-4H3,(H,26,27,31). The monoisotopic (exact) mass is 489 g/mol. The van der Waals surface area contributed by atoms with Crippen LogP contribution in [0.2, 0.25) is 0 Å². The van der Waals surface area contributed by atoms with Crippen LogP contribution in [0.3, 0.4) is 0 Å². The van der Waals surface area contributed by atoms with E-state index in [4.69, 9.17) is 9.72 Å². The van der Waals surface area contributed by atoms with Crippen LogP contribution in [0.5, 0.6) is 5.75 Å². The van der Waals surface area contributed by atoms with Gasteiger partial charge in [-0.15, -0.1) is 21.5 Å². The summed E-state index contributed by atoms with van der Waals surface area (Å²) in [6, 6.07) is 16.0. The molecule has 0 radical (unpaired) electrons. The number of H-pyrrole nitrogens is 1. The molecule has 9 heteroatoms. The summed E-state index contributed by atoms with van der Waals surface area (Å²) in [6.07, 6.45) is 0. The van der Waals surface area contributed by atoms with E-state index in [9.17, 15) is 4.79 Å². The fourth-order valence-corrected chi connectivity index (χ4v) is 5.73. The minimum Gasteiger partial charge on any atom is -0.497 e. The largest absolute Gasteiger partial charge is 0.497 e. The van der Waals surface area contributed by atoms with Crippen LogP contribution in [-0.2, 0) is 12.8 Å². The molecule has 5 aromatic rings. The summed E-state index contributed by atoms with van der Waals surface area (Å²) >= 11 is 3.03. The van der Waals surface area contributed by atoms with Gasteiger partial charge in [0.1, 0.15) is 16.4 Å². The molecule has 0 saturated carbocycles. The van der Waals surface area contributed by atoms with Crippen LogP contribution < -0.4 is 10.3 Å². The van der Waals surface area contributed by atoms with E-state index in [0.29, 0.717) is 17.0 Å². The second-order valence-electron chi connectivity index (χ2n) is 7.98. The molecule has 0 saturated heterocycles. The highest BCUT2D eigenvalue weighted by Gasteiger charge is 2.18. The molecule has 0 spiro atoms. The highest BCUT2D eigenvalue weighted by atomic mass is 32.2. The summed E-state index contributed by atoms with van der Waals surface area (Å²) in [5.41, 5.74) is 3.99. The van der Waals surface area contributed by atoms with Crippen LogP contribution in [0.4, 0.5) is 0 Å². The summed E-state index contributed by atoms with van der Waals surface area (Å²) in [5, 5.41) is 10.1. The molecule has 0 atom stereocenters. The topological polar surface area (TPSA) is 85.7 Å². The maximum Gasteiger partial charge on any atom is 0.260 e. The molecule has 0 aliphatic rings. The number of aryl methyl sites for hydroxylation is 2. The van der Waals surface area contributed by atoms with Gasteiger partial charge >= 0.3 is 0 Å². The molecule has 0 aliphatic carbocycles. The predicted octanol–water partition coefficient (Wildman–Crippen LogP) is 5.36. The number of benzene rings is 2. The van der Waals surface area contributed by atoms with Gasteiger partial charge in [0.25, 0.3) is 5.56 Å². The third kappa shape index (κ3) is 4.12. The number of methoxy groups -OCH3 is 1. The number of thiophene rings is 1. The number of rotatable bonds is 6. The van der Waals surface area contributed by atoms with Crippen LogP contribution in [0.15, 0.2) is 58.5 Å². The first-order valence-electron chi connectivity index (χ1n) is 10.7. The molecule has 7 nitrogen and oxygen atoms in total. The minimum atomic E-state index is -0.115. The first kappa shape index (κ1) is 22.4. The van der Waals surface area contributed by atoms with Crippen LogP contribution >= 0.6 is 23.1 Å². The highest BCUT2D eigenvalue weighted by molar-refractivity contribution is 7.98. The fraction of sp³-hybridized carbons (Fsp3) is 0.200. The maximum absolute atomic E-state index is 13.1. The molecule has 0 aliphatic heterocycles. The Morgan fingerprint density at radius 3 is 2.65 bits per heavy atom. The van der Waals surface area contributed by atoms with Crippen molar-refractivity contribution < 1.29 is 4.74 Å². The maximum atomic E-state index is 13.1. The number of ether oxygens (including phenoxy) is 1. The van der Waals surface area contributed by atoms with Gasteiger partial charge in [-0.1, -0.05) is 53.7 Å². The smallest absolute Gasteiger partial charge is 0.260 e. The van der Waals surface area contributed by atoms with Crippen molar-refractivity contribution >= 4 is 33.3 Å². The molecule has 3 heterocycles. The van der Waals surface area contributed by atoms with E-state index < -0.39 is 0 Å². The van der Waals surface area contributed by atoms with Crippen LogP contribution in [0.25, 0.3) is 32.7 Å². The third-order valence-corrected chi connectivity index (χ3v) is 7.66. The summed E-state index contributed by atoms with van der Waals surface area (Å²) in [4.78, 5) is 22.6. The van der Waals surface area contributed by atoms with Crippen LogP contribution in [0.1, 0.15) is 16.3 Å². The van der Waals surface area contributed by atoms with Gasteiger partial charge in [0, 0.05) is 23.1 Å². The van der Waals surface area contributed by atoms with Crippen molar-refractivity contribution in [3.63, 3.8) is 0 Å². The molecule has 0 bridgehead atoms. The lowest BCUT2D eigenvalue weighted by molar-refractivity contribution is 0.415. The van der Waals surface area contributed by atoms with Crippen molar-refractivity contribution in [2.45, 2.75) is 24.8 Å². The van der Waals surface area contributed by atoms with Crippen molar-refractivity contribution in [3.8, 4) is 28.3 Å². The molecular formula is C25H23N5O2S2. The molecule has 2 aromatic carbocycles. The lowest BCUT2D eigenvalue weighted by atomic mass is 10.0. The number of fused-ring (bicyclic) bond motifs is 1. The molecule has 0 fully saturated rings. The molecule has 172 valence electrons. The Kier molecular flexibility index (Phi) is 5.97. The summed E-state index contributed by atoms with van der Waals surface area (Å²) < 4.78 is 7.25. The van der Waals surface area contributed by atoms with E-state index in [1.54, 1.807) is 18.4 Å². The van der Waals surface area contributed by atoms with Crippen molar-refractivity contribution in [1.29, 1.82) is 0 Å². The molecule has 34 heavy (non-hydrogen) atoms. The molecular weight excluding hydrogens is 466 g/mol. The second-order valence-corrected chi connectivity index (χ2v) is 10.1. The summed E-state index contributed by atoms with van der Waals surface area (Å²) in [5.74, 6) is 2.60. The summed E-state index contributed by atoms with van der Waals surface area (Å²) in [7, 11) is 3.56. The van der Waals surface area contributed by atoms with E-state index in [-0.39, 0.29) is 5.56 Å². The zero-order valence-electron chi connectivity index (χ0n) is 19.2. The van der Waals surface area contributed by atoms with Gasteiger partial charge in [-0.3, -0.25) is 4.79 Å². The lowest BCUT2D eigenvalue weighted by Gasteiger charge is -2.06. The molecule has 5 rings (SSSR count). The van der Waals surface area contributed by atoms with Gasteiger partial charge in [0.15, 0.2) is 11.0 Å². The molecule has 3 aromatic heterocycles. The number of nitrogens with one attached hydrogen (secondary N) is 1. The number of hydrogen-bond acceptors (Lipinski definition) is 7. The van der Waals surface area contributed by atoms with Gasteiger partial charge in [0.2, 0.25) is 0 Å². The van der Waals surface area contributed by atoms with Crippen molar-refractivity contribution in [2.24, 2.45) is 7.05 Å². The van der Waals surface area contributed by atoms with E-state index in [1.807, 2.05) is 42.8 Å². The normalized spacial score (nSPS) is 11.3. The first-order chi connectivity index (χ1) is 16.4. The Morgan fingerprint density at radius 2 is 1.88 bits per heavy atom. The van der Waals surface area contributed by atoms with Crippen molar-refractivity contribution in [2.75, 3.05) is 7.11 Å². The second kappa shape index (κ2) is 9.08. The van der Waals surface area contributed by atoms with Gasteiger partial charge in [-0.2, -0.15) is 0 Å². The predicted molar refractivity (Wildman–Crippen MR) is 138 cm³/mol. The number of thioether (sulfide) groups is 1. The quantitative estimate of drug-likeness (QED) is 0.323. The van der Waals surface area contributed by atoms with Crippen molar-refractivity contribution in [1.82, 2.24) is 24.7 Å². The number of hydrogen-bond donors (Lipinski definition) is 1. The van der Waals surface area contributed by atoms with Gasteiger partial charge in [0.05, 0.1) is 18.2 Å². The average molecular weight is 490 g/mol. The summed E-state index contributed by atoms with van der Waals surface area (Å²) in [6.45, 7) is 4.09. The Labute approximate surface area is 204 Å². The Bertz CT molecular complexity index is 1550. The zero-order chi connectivity index (χ0) is 23.8. The first-order valence-corrected chi connectivity index (χ1v) is 12.5. The zero-order valence-corrected chi connectivity index (χ0v) is 20.9. The Balaban J connectivity index is 1.42. The van der Waals surface area contributed by atoms with Gasteiger partial charge in [-0.05, 0) is 31.5 Å². The molecule has 0 unspecified atom stereocenters. The minimum absolute atomic E-state index is 0.115. The van der Waals surface area contributed by atoms with Gasteiger partial charge < -0.3 is 14.3 Å². The van der Waals surface area contributed by atoms with E-state index >= 15 is 0 Å². The van der Waals surface area contributed by atoms with Crippen LogP contribution in [-0.4, -0.2) is 31.8 Å². The SMILES string of the molecule is COc1cccc(-c2nnc(SCc3nc4sc(C)c(-c5ccc(C)cc5)c4c(=O)[nH]3)n2C)c1.